The Morgan fingerprint density at radius 2 is 1.76 bits per heavy atom. The Hall–Kier alpha value is -2.27. The molecular formula is C19H21NO7S2. The van der Waals surface area contributed by atoms with Crippen molar-refractivity contribution in [2.45, 2.75) is 26.7 Å². The van der Waals surface area contributed by atoms with Gasteiger partial charge in [-0.25, -0.2) is 16.8 Å². The second-order valence-corrected chi connectivity index (χ2v) is 10.7. The van der Waals surface area contributed by atoms with Gasteiger partial charge in [-0.3, -0.25) is 4.79 Å². The van der Waals surface area contributed by atoms with Gasteiger partial charge in [0.1, 0.15) is 5.25 Å². The Labute approximate surface area is 169 Å². The molecule has 0 aromatic heterocycles. The fourth-order valence-corrected chi connectivity index (χ4v) is 8.26. The SMILES string of the molecule is NC(=O)C1C(S(=O)(=O)c2ccccc2)c2c(CCOCCO)cccc2S1(=O)=O. The average molecular weight is 440 g/mol. The zero-order valence-corrected chi connectivity index (χ0v) is 17.0. The van der Waals surface area contributed by atoms with Gasteiger partial charge in [-0.1, -0.05) is 30.3 Å². The van der Waals surface area contributed by atoms with Crippen molar-refractivity contribution >= 4 is 25.6 Å². The number of carbonyl (C=O) groups excluding carboxylic acids is 1. The van der Waals surface area contributed by atoms with E-state index < -0.39 is 36.1 Å². The number of primary amides is 1. The lowest BCUT2D eigenvalue weighted by Gasteiger charge is -2.19. The number of fused-ring (bicyclic) bond motifs is 1. The van der Waals surface area contributed by atoms with E-state index in [0.29, 0.717) is 5.56 Å². The molecule has 0 spiro atoms. The molecule has 1 aliphatic heterocycles. The van der Waals surface area contributed by atoms with E-state index in [1.54, 1.807) is 12.1 Å². The molecule has 2 unspecified atom stereocenters. The number of sulfone groups is 2. The second-order valence-electron chi connectivity index (χ2n) is 6.56. The van der Waals surface area contributed by atoms with E-state index in [2.05, 4.69) is 0 Å². The molecule has 3 N–H and O–H groups in total. The van der Waals surface area contributed by atoms with Crippen LogP contribution < -0.4 is 5.73 Å². The first kappa shape index (κ1) is 21.4. The summed E-state index contributed by atoms with van der Waals surface area (Å²) in [5.41, 5.74) is 5.88. The first-order valence-corrected chi connectivity index (χ1v) is 11.9. The average Bonchev–Trinajstić information content (AvgIpc) is 2.95. The van der Waals surface area contributed by atoms with Gasteiger partial charge in [-0.05, 0) is 35.7 Å². The maximum absolute atomic E-state index is 13.4. The van der Waals surface area contributed by atoms with Crippen LogP contribution in [-0.2, 0) is 35.6 Å². The summed E-state index contributed by atoms with van der Waals surface area (Å²) in [6.45, 7) is 0.0788. The van der Waals surface area contributed by atoms with Crippen LogP contribution in [0.4, 0.5) is 0 Å². The van der Waals surface area contributed by atoms with E-state index in [0.717, 1.165) is 0 Å². The zero-order valence-electron chi connectivity index (χ0n) is 15.4. The van der Waals surface area contributed by atoms with Crippen molar-refractivity contribution in [2.24, 2.45) is 5.73 Å². The number of hydrogen-bond acceptors (Lipinski definition) is 7. The van der Waals surface area contributed by atoms with Crippen molar-refractivity contribution in [3.05, 3.63) is 59.7 Å². The van der Waals surface area contributed by atoms with Crippen LogP contribution in [-0.4, -0.2) is 52.9 Å². The Morgan fingerprint density at radius 1 is 1.07 bits per heavy atom. The summed E-state index contributed by atoms with van der Waals surface area (Å²) in [7, 11) is -8.51. The number of carbonyl (C=O) groups is 1. The van der Waals surface area contributed by atoms with Crippen molar-refractivity contribution in [3.63, 3.8) is 0 Å². The first-order chi connectivity index (χ1) is 13.7. The minimum atomic E-state index is -4.28. The Balaban J connectivity index is 2.19. The van der Waals surface area contributed by atoms with Crippen molar-refractivity contribution < 1.29 is 31.5 Å². The lowest BCUT2D eigenvalue weighted by molar-refractivity contribution is -0.117. The maximum Gasteiger partial charge on any atom is 0.237 e. The van der Waals surface area contributed by atoms with Crippen LogP contribution >= 0.6 is 0 Å². The summed E-state index contributed by atoms with van der Waals surface area (Å²) < 4.78 is 58.0. The Kier molecular flexibility index (Phi) is 6.08. The zero-order chi connectivity index (χ0) is 21.2. The molecule has 156 valence electrons. The number of benzene rings is 2. The maximum atomic E-state index is 13.4. The highest BCUT2D eigenvalue weighted by Crippen LogP contribution is 2.47. The smallest absolute Gasteiger partial charge is 0.237 e. The molecule has 29 heavy (non-hydrogen) atoms. The molecule has 1 aliphatic rings. The number of aliphatic hydroxyl groups excluding tert-OH is 1. The van der Waals surface area contributed by atoms with Crippen molar-refractivity contribution in [3.8, 4) is 0 Å². The molecule has 0 radical (unpaired) electrons. The fraction of sp³-hybridized carbons (Fsp3) is 0.316. The van der Waals surface area contributed by atoms with E-state index in [9.17, 15) is 21.6 Å². The summed E-state index contributed by atoms with van der Waals surface area (Å²) in [5, 5.41) is 5.27. The summed E-state index contributed by atoms with van der Waals surface area (Å²) in [6.07, 6.45) is 0.213. The van der Waals surface area contributed by atoms with Crippen LogP contribution in [0, 0.1) is 0 Å². The van der Waals surface area contributed by atoms with Gasteiger partial charge >= 0.3 is 0 Å². The normalized spacial score (nSPS) is 20.3. The van der Waals surface area contributed by atoms with E-state index in [-0.39, 0.29) is 41.6 Å². The van der Waals surface area contributed by atoms with Gasteiger partial charge in [0.2, 0.25) is 5.91 Å². The molecule has 3 rings (SSSR count). The molecule has 0 saturated heterocycles. The fourth-order valence-electron chi connectivity index (χ4n) is 3.55. The van der Waals surface area contributed by atoms with Crippen molar-refractivity contribution in [1.29, 1.82) is 0 Å². The molecule has 2 aromatic carbocycles. The van der Waals surface area contributed by atoms with Gasteiger partial charge in [0.05, 0.1) is 29.6 Å². The van der Waals surface area contributed by atoms with E-state index in [1.165, 1.54) is 36.4 Å². The summed E-state index contributed by atoms with van der Waals surface area (Å²) in [5.74, 6) is -1.21. The standard InChI is InChI=1S/C19H21NO7S2/c20-19(22)18-17(28(23,24)14-6-2-1-3-7-14)16-13(9-11-27-12-10-21)5-4-8-15(16)29(18,25)26/h1-8,17-18,21H,9-12H2,(H2,20,22). The Morgan fingerprint density at radius 3 is 2.38 bits per heavy atom. The number of amides is 1. The lowest BCUT2D eigenvalue weighted by Crippen LogP contribution is -2.39. The number of ether oxygens (including phenoxy) is 1. The third kappa shape index (κ3) is 3.80. The van der Waals surface area contributed by atoms with Gasteiger partial charge in [0.25, 0.3) is 0 Å². The van der Waals surface area contributed by atoms with Gasteiger partial charge in [-0.15, -0.1) is 0 Å². The number of rotatable bonds is 8. The highest BCUT2D eigenvalue weighted by Gasteiger charge is 2.55. The van der Waals surface area contributed by atoms with Crippen LogP contribution in [0.1, 0.15) is 16.4 Å². The highest BCUT2D eigenvalue weighted by atomic mass is 32.2. The van der Waals surface area contributed by atoms with Gasteiger partial charge < -0.3 is 15.6 Å². The molecule has 1 heterocycles. The molecule has 10 heteroatoms. The molecule has 0 saturated carbocycles. The van der Waals surface area contributed by atoms with E-state index in [4.69, 9.17) is 15.6 Å². The predicted molar refractivity (Wildman–Crippen MR) is 105 cm³/mol. The molecule has 8 nitrogen and oxygen atoms in total. The first-order valence-electron chi connectivity index (χ1n) is 8.85. The van der Waals surface area contributed by atoms with E-state index in [1.807, 2.05) is 0 Å². The van der Waals surface area contributed by atoms with Crippen molar-refractivity contribution in [1.82, 2.24) is 0 Å². The highest BCUT2D eigenvalue weighted by molar-refractivity contribution is 7.97. The predicted octanol–water partition coefficient (Wildman–Crippen LogP) is 0.394. The molecule has 2 aromatic rings. The molecular weight excluding hydrogens is 418 g/mol. The topological polar surface area (TPSA) is 141 Å². The third-order valence-corrected chi connectivity index (χ3v) is 9.21. The van der Waals surface area contributed by atoms with Crippen LogP contribution in [0.25, 0.3) is 0 Å². The van der Waals surface area contributed by atoms with E-state index >= 15 is 0 Å². The second kappa shape index (κ2) is 8.23. The number of aliphatic hydroxyl groups is 1. The molecule has 2 atom stereocenters. The largest absolute Gasteiger partial charge is 0.394 e. The van der Waals surface area contributed by atoms with Crippen molar-refractivity contribution in [2.75, 3.05) is 19.8 Å². The molecule has 0 aliphatic carbocycles. The third-order valence-electron chi connectivity index (χ3n) is 4.79. The molecule has 0 bridgehead atoms. The molecule has 0 fully saturated rings. The summed E-state index contributed by atoms with van der Waals surface area (Å²) >= 11 is 0. The van der Waals surface area contributed by atoms with Gasteiger partial charge in [-0.2, -0.15) is 0 Å². The number of nitrogens with two attached hydrogens (primary N) is 1. The van der Waals surface area contributed by atoms with Crippen LogP contribution in [0.15, 0.2) is 58.3 Å². The number of hydrogen-bond donors (Lipinski definition) is 2. The minimum Gasteiger partial charge on any atom is -0.394 e. The summed E-state index contributed by atoms with van der Waals surface area (Å²) in [6, 6.07) is 11.8. The summed E-state index contributed by atoms with van der Waals surface area (Å²) in [4.78, 5) is 11.8. The lowest BCUT2D eigenvalue weighted by atomic mass is 10.00. The quantitative estimate of drug-likeness (QED) is 0.567. The molecule has 1 amide bonds. The minimum absolute atomic E-state index is 0.0627. The monoisotopic (exact) mass is 439 g/mol. The van der Waals surface area contributed by atoms with Crippen LogP contribution in [0.2, 0.25) is 0 Å². The van der Waals surface area contributed by atoms with Gasteiger partial charge in [0, 0.05) is 0 Å². The van der Waals surface area contributed by atoms with Crippen LogP contribution in [0.5, 0.6) is 0 Å². The van der Waals surface area contributed by atoms with Crippen LogP contribution in [0.3, 0.4) is 0 Å². The van der Waals surface area contributed by atoms with Gasteiger partial charge in [0.15, 0.2) is 24.9 Å². The Bertz CT molecular complexity index is 1110.